The molecule has 88 valence electrons. The molecule has 0 bridgehead atoms. The number of hydrogen-bond acceptors (Lipinski definition) is 2. The Morgan fingerprint density at radius 1 is 1.35 bits per heavy atom. The number of halogens is 1. The summed E-state index contributed by atoms with van der Waals surface area (Å²) >= 11 is 6.13. The van der Waals surface area contributed by atoms with E-state index in [2.05, 4.69) is 9.97 Å². The lowest BCUT2D eigenvalue weighted by Gasteiger charge is -2.08. The standard InChI is InChI=1S/C13H13ClN2O/c1-3-11-15-12(8(2)13(17)16-11)9-6-4-5-7-10(9)14/h4-7H,3H2,1-2H3,(H,15,16,17). The minimum atomic E-state index is -0.105. The fourth-order valence-corrected chi connectivity index (χ4v) is 1.89. The highest BCUT2D eigenvalue weighted by atomic mass is 35.5. The number of benzene rings is 1. The second-order valence-electron chi connectivity index (χ2n) is 3.82. The predicted octanol–water partition coefficient (Wildman–Crippen LogP) is 2.96. The zero-order valence-electron chi connectivity index (χ0n) is 9.75. The third-order valence-corrected chi connectivity index (χ3v) is 2.99. The van der Waals surface area contributed by atoms with Crippen LogP contribution in [0.4, 0.5) is 0 Å². The number of hydrogen-bond donors (Lipinski definition) is 1. The van der Waals surface area contributed by atoms with Crippen LogP contribution < -0.4 is 5.56 Å². The van der Waals surface area contributed by atoms with Crippen molar-refractivity contribution in [3.8, 4) is 11.3 Å². The highest BCUT2D eigenvalue weighted by Crippen LogP contribution is 2.26. The summed E-state index contributed by atoms with van der Waals surface area (Å²) in [7, 11) is 0. The van der Waals surface area contributed by atoms with Gasteiger partial charge in [0.25, 0.3) is 5.56 Å². The summed E-state index contributed by atoms with van der Waals surface area (Å²) < 4.78 is 0. The van der Waals surface area contributed by atoms with E-state index in [0.717, 1.165) is 5.56 Å². The van der Waals surface area contributed by atoms with Crippen molar-refractivity contribution in [1.29, 1.82) is 0 Å². The SMILES string of the molecule is CCc1nc(-c2ccccc2Cl)c(C)c(=O)[nH]1. The van der Waals surface area contributed by atoms with Crippen LogP contribution in [0.15, 0.2) is 29.1 Å². The number of nitrogens with zero attached hydrogens (tertiary/aromatic N) is 1. The molecule has 1 N–H and O–H groups in total. The summed E-state index contributed by atoms with van der Waals surface area (Å²) in [5, 5.41) is 0.607. The quantitative estimate of drug-likeness (QED) is 0.888. The van der Waals surface area contributed by atoms with Crippen molar-refractivity contribution in [2.75, 3.05) is 0 Å². The molecule has 0 spiro atoms. The molecule has 1 aromatic heterocycles. The van der Waals surface area contributed by atoms with Crippen molar-refractivity contribution in [2.24, 2.45) is 0 Å². The van der Waals surface area contributed by atoms with E-state index in [0.29, 0.717) is 28.5 Å². The van der Waals surface area contributed by atoms with Gasteiger partial charge in [-0.15, -0.1) is 0 Å². The fourth-order valence-electron chi connectivity index (χ4n) is 1.66. The van der Waals surface area contributed by atoms with E-state index in [4.69, 9.17) is 11.6 Å². The van der Waals surface area contributed by atoms with E-state index in [1.54, 1.807) is 13.0 Å². The molecule has 0 unspecified atom stereocenters. The molecule has 0 saturated heterocycles. The molecule has 0 fully saturated rings. The van der Waals surface area contributed by atoms with Crippen LogP contribution in [-0.4, -0.2) is 9.97 Å². The summed E-state index contributed by atoms with van der Waals surface area (Å²) in [6, 6.07) is 7.41. The molecule has 0 amide bonds. The van der Waals surface area contributed by atoms with Crippen LogP contribution in [0.3, 0.4) is 0 Å². The number of rotatable bonds is 2. The van der Waals surface area contributed by atoms with Crippen molar-refractivity contribution < 1.29 is 0 Å². The predicted molar refractivity (Wildman–Crippen MR) is 69.4 cm³/mol. The Bertz CT molecular complexity index is 605. The second kappa shape index (κ2) is 4.72. The summed E-state index contributed by atoms with van der Waals surface area (Å²) in [5.74, 6) is 0.676. The summed E-state index contributed by atoms with van der Waals surface area (Å²) in [5.41, 5.74) is 1.95. The Kier molecular flexibility index (Phi) is 3.29. The molecule has 3 nitrogen and oxygen atoms in total. The Labute approximate surface area is 104 Å². The van der Waals surface area contributed by atoms with Crippen LogP contribution in [0.1, 0.15) is 18.3 Å². The van der Waals surface area contributed by atoms with E-state index >= 15 is 0 Å². The molecular weight excluding hydrogens is 236 g/mol. The highest BCUT2D eigenvalue weighted by molar-refractivity contribution is 6.33. The lowest BCUT2D eigenvalue weighted by molar-refractivity contribution is 0.912. The molecule has 1 aromatic carbocycles. The van der Waals surface area contributed by atoms with Crippen molar-refractivity contribution in [2.45, 2.75) is 20.3 Å². The van der Waals surface area contributed by atoms with Gasteiger partial charge in [0.2, 0.25) is 0 Å². The number of nitrogens with one attached hydrogen (secondary N) is 1. The van der Waals surface area contributed by atoms with Crippen LogP contribution >= 0.6 is 11.6 Å². The molecule has 0 saturated carbocycles. The monoisotopic (exact) mass is 248 g/mol. The maximum Gasteiger partial charge on any atom is 0.254 e. The van der Waals surface area contributed by atoms with Gasteiger partial charge >= 0.3 is 0 Å². The van der Waals surface area contributed by atoms with Crippen LogP contribution in [0, 0.1) is 6.92 Å². The summed E-state index contributed by atoms with van der Waals surface area (Å²) in [4.78, 5) is 19.0. The van der Waals surface area contributed by atoms with E-state index in [1.165, 1.54) is 0 Å². The molecular formula is C13H13ClN2O. The van der Waals surface area contributed by atoms with Crippen molar-refractivity contribution in [3.05, 3.63) is 51.0 Å². The number of H-pyrrole nitrogens is 1. The van der Waals surface area contributed by atoms with Crippen LogP contribution in [-0.2, 0) is 6.42 Å². The lowest BCUT2D eigenvalue weighted by atomic mass is 10.1. The number of aryl methyl sites for hydroxylation is 1. The van der Waals surface area contributed by atoms with Gasteiger partial charge in [-0.25, -0.2) is 4.98 Å². The first-order valence-corrected chi connectivity index (χ1v) is 5.86. The summed E-state index contributed by atoms with van der Waals surface area (Å²) in [6.45, 7) is 3.70. The molecule has 0 atom stereocenters. The Hall–Kier alpha value is -1.61. The number of aromatic amines is 1. The zero-order valence-corrected chi connectivity index (χ0v) is 10.5. The van der Waals surface area contributed by atoms with Crippen LogP contribution in [0.2, 0.25) is 5.02 Å². The molecule has 1 heterocycles. The molecule has 0 aliphatic rings. The molecule has 0 radical (unpaired) electrons. The van der Waals surface area contributed by atoms with Gasteiger partial charge in [0.15, 0.2) is 0 Å². The van der Waals surface area contributed by atoms with Gasteiger partial charge in [0.05, 0.1) is 5.69 Å². The largest absolute Gasteiger partial charge is 0.310 e. The van der Waals surface area contributed by atoms with Crippen LogP contribution in [0.5, 0.6) is 0 Å². The maximum atomic E-state index is 11.8. The molecule has 0 aliphatic heterocycles. The topological polar surface area (TPSA) is 45.8 Å². The minimum Gasteiger partial charge on any atom is -0.310 e. The van der Waals surface area contributed by atoms with E-state index in [9.17, 15) is 4.79 Å². The second-order valence-corrected chi connectivity index (χ2v) is 4.23. The van der Waals surface area contributed by atoms with E-state index in [-0.39, 0.29) is 5.56 Å². The maximum absolute atomic E-state index is 11.8. The van der Waals surface area contributed by atoms with Gasteiger partial charge in [-0.2, -0.15) is 0 Å². The normalized spacial score (nSPS) is 10.5. The van der Waals surface area contributed by atoms with Gasteiger partial charge < -0.3 is 4.98 Å². The van der Waals surface area contributed by atoms with Crippen molar-refractivity contribution in [1.82, 2.24) is 9.97 Å². The first-order chi connectivity index (χ1) is 8.13. The third-order valence-electron chi connectivity index (χ3n) is 2.66. The lowest BCUT2D eigenvalue weighted by Crippen LogP contribution is -2.15. The van der Waals surface area contributed by atoms with Crippen molar-refractivity contribution >= 4 is 11.6 Å². The highest BCUT2D eigenvalue weighted by Gasteiger charge is 2.11. The van der Waals surface area contributed by atoms with Gasteiger partial charge in [-0.05, 0) is 13.0 Å². The van der Waals surface area contributed by atoms with Gasteiger partial charge in [0.1, 0.15) is 5.82 Å². The van der Waals surface area contributed by atoms with E-state index in [1.807, 2.05) is 25.1 Å². The Balaban J connectivity index is 2.71. The Morgan fingerprint density at radius 3 is 2.71 bits per heavy atom. The molecule has 0 aliphatic carbocycles. The first kappa shape index (κ1) is 11.9. The van der Waals surface area contributed by atoms with Gasteiger partial charge in [-0.3, -0.25) is 4.79 Å². The molecule has 4 heteroatoms. The number of aromatic nitrogens is 2. The third kappa shape index (κ3) is 2.24. The summed E-state index contributed by atoms with van der Waals surface area (Å²) in [6.07, 6.45) is 0.687. The first-order valence-electron chi connectivity index (χ1n) is 5.48. The average Bonchev–Trinajstić information content (AvgIpc) is 2.33. The Morgan fingerprint density at radius 2 is 2.06 bits per heavy atom. The fraction of sp³-hybridized carbons (Fsp3) is 0.231. The van der Waals surface area contributed by atoms with Crippen LogP contribution in [0.25, 0.3) is 11.3 Å². The smallest absolute Gasteiger partial charge is 0.254 e. The van der Waals surface area contributed by atoms with E-state index < -0.39 is 0 Å². The van der Waals surface area contributed by atoms with Crippen molar-refractivity contribution in [3.63, 3.8) is 0 Å². The molecule has 17 heavy (non-hydrogen) atoms. The minimum absolute atomic E-state index is 0.105. The average molecular weight is 249 g/mol. The van der Waals surface area contributed by atoms with Gasteiger partial charge in [-0.1, -0.05) is 36.7 Å². The molecule has 2 aromatic rings. The zero-order chi connectivity index (χ0) is 12.4. The van der Waals surface area contributed by atoms with Gasteiger partial charge in [0, 0.05) is 22.6 Å². The molecule has 2 rings (SSSR count).